The minimum absolute atomic E-state index is 0.0426. The number of aromatic amines is 1. The van der Waals surface area contributed by atoms with Crippen molar-refractivity contribution in [2.24, 2.45) is 0 Å². The summed E-state index contributed by atoms with van der Waals surface area (Å²) in [6, 6.07) is 6.20. The molecule has 0 atom stereocenters. The van der Waals surface area contributed by atoms with Crippen LogP contribution >= 0.6 is 27.9 Å². The number of H-pyrrole nitrogens is 1. The number of halogens is 1. The van der Waals surface area contributed by atoms with E-state index in [9.17, 15) is 14.9 Å². The molecule has 0 unspecified atom stereocenters. The molecule has 1 aromatic carbocycles. The van der Waals surface area contributed by atoms with Gasteiger partial charge in [-0.05, 0) is 6.07 Å². The van der Waals surface area contributed by atoms with Crippen molar-refractivity contribution in [1.29, 1.82) is 0 Å². The van der Waals surface area contributed by atoms with Gasteiger partial charge in [0.15, 0.2) is 4.90 Å². The fraction of sp³-hybridized carbons (Fsp3) is 0. The van der Waals surface area contributed by atoms with E-state index in [4.69, 9.17) is 0 Å². The van der Waals surface area contributed by atoms with Crippen LogP contribution in [0, 0.1) is 10.1 Å². The molecule has 0 amide bonds. The van der Waals surface area contributed by atoms with E-state index in [2.05, 4.69) is 25.7 Å². The second-order valence-electron chi connectivity index (χ2n) is 2.88. The number of para-hydroxylation sites is 1. The number of nitro benzene ring substituents is 1. The van der Waals surface area contributed by atoms with Gasteiger partial charge in [-0.15, -0.1) is 0 Å². The van der Waals surface area contributed by atoms with Crippen LogP contribution in [0.1, 0.15) is 0 Å². The van der Waals surface area contributed by atoms with Crippen LogP contribution in [0.5, 0.6) is 0 Å². The SMILES string of the molecule is O=c1o[nH][n+](Sc2ccccc2[N+](=O)[O-])c1Br. The molecule has 1 N–H and O–H groups in total. The third-order valence-corrected chi connectivity index (χ3v) is 3.71. The molecule has 0 aliphatic heterocycles. The second kappa shape index (κ2) is 4.72. The summed E-state index contributed by atoms with van der Waals surface area (Å²) in [6.45, 7) is 0. The zero-order chi connectivity index (χ0) is 12.4. The van der Waals surface area contributed by atoms with Crippen LogP contribution in [-0.4, -0.2) is 10.2 Å². The molecule has 1 aromatic heterocycles. The summed E-state index contributed by atoms with van der Waals surface area (Å²) in [6.07, 6.45) is 0. The Morgan fingerprint density at radius 2 is 2.18 bits per heavy atom. The maximum absolute atomic E-state index is 11.0. The van der Waals surface area contributed by atoms with Crippen molar-refractivity contribution >= 4 is 33.6 Å². The molecule has 0 fully saturated rings. The molecule has 2 aromatic rings. The Hall–Kier alpha value is -1.61. The predicted molar refractivity (Wildman–Crippen MR) is 61.6 cm³/mol. The Kier molecular flexibility index (Phi) is 3.29. The Balaban J connectivity index is 2.40. The molecule has 0 bridgehead atoms. The summed E-state index contributed by atoms with van der Waals surface area (Å²) in [7, 11) is 0. The number of hydrogen-bond acceptors (Lipinski definition) is 5. The molecule has 9 heteroatoms. The zero-order valence-corrected chi connectivity index (χ0v) is 10.5. The van der Waals surface area contributed by atoms with Crippen LogP contribution in [-0.2, 0) is 0 Å². The van der Waals surface area contributed by atoms with Crippen LogP contribution in [0.4, 0.5) is 5.69 Å². The maximum atomic E-state index is 11.0. The molecule has 0 saturated carbocycles. The Morgan fingerprint density at radius 3 is 2.76 bits per heavy atom. The van der Waals surface area contributed by atoms with Gasteiger partial charge in [-0.25, -0.2) is 4.79 Å². The number of nitro groups is 1. The molecule has 2 rings (SSSR count). The molecule has 0 spiro atoms. The number of aromatic nitrogens is 2. The smallest absolute Gasteiger partial charge is 0.281 e. The Labute approximate surface area is 107 Å². The molecule has 0 aliphatic carbocycles. The lowest BCUT2D eigenvalue weighted by atomic mass is 10.3. The van der Waals surface area contributed by atoms with Crippen LogP contribution in [0.3, 0.4) is 0 Å². The molecule has 1 heterocycles. The highest BCUT2D eigenvalue weighted by atomic mass is 79.9. The van der Waals surface area contributed by atoms with Crippen molar-refractivity contribution in [2.75, 3.05) is 0 Å². The molecular weight excluding hydrogens is 314 g/mol. The Bertz CT molecular complexity index is 623. The first kappa shape index (κ1) is 11.9. The van der Waals surface area contributed by atoms with Crippen molar-refractivity contribution in [3.05, 3.63) is 49.4 Å². The molecule has 88 valence electrons. The molecular formula is C8H5BrN3O4S+. The van der Waals surface area contributed by atoms with E-state index < -0.39 is 10.5 Å². The van der Waals surface area contributed by atoms with Gasteiger partial charge in [-0.3, -0.25) is 14.6 Å². The van der Waals surface area contributed by atoms with Crippen LogP contribution in [0.25, 0.3) is 0 Å². The molecule has 0 radical (unpaired) electrons. The molecule has 0 aliphatic rings. The van der Waals surface area contributed by atoms with Crippen molar-refractivity contribution in [3.63, 3.8) is 0 Å². The number of rotatable bonds is 3. The van der Waals surface area contributed by atoms with E-state index in [0.717, 1.165) is 11.9 Å². The summed E-state index contributed by atoms with van der Waals surface area (Å²) < 4.78 is 5.91. The maximum Gasteiger partial charge on any atom is 0.443 e. The number of benzene rings is 1. The van der Waals surface area contributed by atoms with Gasteiger partial charge in [0.2, 0.25) is 11.9 Å². The van der Waals surface area contributed by atoms with E-state index >= 15 is 0 Å². The van der Waals surface area contributed by atoms with Crippen LogP contribution in [0.15, 0.2) is 43.1 Å². The lowest BCUT2D eigenvalue weighted by Gasteiger charge is -1.94. The average Bonchev–Trinajstić information content (AvgIpc) is 2.61. The molecule has 17 heavy (non-hydrogen) atoms. The minimum Gasteiger partial charge on any atom is -0.281 e. The van der Waals surface area contributed by atoms with Crippen LogP contribution in [0.2, 0.25) is 0 Å². The van der Waals surface area contributed by atoms with Gasteiger partial charge < -0.3 is 0 Å². The summed E-state index contributed by atoms with van der Waals surface area (Å²) in [5.41, 5.74) is -0.630. The summed E-state index contributed by atoms with van der Waals surface area (Å²) >= 11 is 3.97. The van der Waals surface area contributed by atoms with E-state index in [-0.39, 0.29) is 10.3 Å². The van der Waals surface area contributed by atoms with E-state index in [1.165, 1.54) is 10.2 Å². The lowest BCUT2D eigenvalue weighted by molar-refractivity contribution is -0.589. The van der Waals surface area contributed by atoms with Gasteiger partial charge in [0.05, 0.1) is 4.92 Å². The molecule has 0 saturated heterocycles. The quantitative estimate of drug-likeness (QED) is 0.525. The first-order chi connectivity index (χ1) is 8.09. The predicted octanol–water partition coefficient (Wildman–Crippen LogP) is 1.48. The zero-order valence-electron chi connectivity index (χ0n) is 8.12. The standard InChI is InChI=1S/C8H4BrN3O4S/c9-7-8(13)16-10-11(7)17-6-4-2-1-3-5(6)12(14)15/h1-4H/p+1. The Morgan fingerprint density at radius 1 is 1.47 bits per heavy atom. The second-order valence-corrected chi connectivity index (χ2v) is 4.62. The van der Waals surface area contributed by atoms with Gasteiger partial charge in [-0.2, -0.15) is 0 Å². The highest BCUT2D eigenvalue weighted by Gasteiger charge is 2.25. The van der Waals surface area contributed by atoms with E-state index in [0.29, 0.717) is 4.90 Å². The normalized spacial score (nSPS) is 10.4. The number of nitrogens with zero attached hydrogens (tertiary/aromatic N) is 2. The third kappa shape index (κ3) is 2.39. The van der Waals surface area contributed by atoms with Gasteiger partial charge in [0, 0.05) is 31.4 Å². The number of nitrogens with one attached hydrogen (secondary N) is 1. The minimum atomic E-state index is -0.587. The fourth-order valence-electron chi connectivity index (χ4n) is 1.09. The lowest BCUT2D eigenvalue weighted by Crippen LogP contribution is -2.29. The van der Waals surface area contributed by atoms with Crippen molar-refractivity contribution in [1.82, 2.24) is 5.27 Å². The molecule has 7 nitrogen and oxygen atoms in total. The summed E-state index contributed by atoms with van der Waals surface area (Å²) in [5, 5.41) is 13.1. The topological polar surface area (TPSA) is 93.0 Å². The summed E-state index contributed by atoms with van der Waals surface area (Å²) in [4.78, 5) is 21.7. The average molecular weight is 319 g/mol. The first-order valence-corrected chi connectivity index (χ1v) is 5.87. The third-order valence-electron chi connectivity index (χ3n) is 1.82. The van der Waals surface area contributed by atoms with Gasteiger partial charge in [-0.1, -0.05) is 12.1 Å². The largest absolute Gasteiger partial charge is 0.443 e. The van der Waals surface area contributed by atoms with Crippen molar-refractivity contribution < 1.29 is 13.5 Å². The fourth-order valence-corrected chi connectivity index (χ4v) is 2.26. The van der Waals surface area contributed by atoms with Gasteiger partial charge in [0.25, 0.3) is 5.69 Å². The van der Waals surface area contributed by atoms with E-state index in [1.807, 2.05) is 0 Å². The monoisotopic (exact) mass is 318 g/mol. The van der Waals surface area contributed by atoms with Gasteiger partial charge in [0.1, 0.15) is 0 Å². The van der Waals surface area contributed by atoms with Crippen molar-refractivity contribution in [2.45, 2.75) is 4.90 Å². The van der Waals surface area contributed by atoms with Crippen LogP contribution < -0.4 is 9.71 Å². The number of hydrogen-bond donors (Lipinski definition) is 1. The van der Waals surface area contributed by atoms with Crippen molar-refractivity contribution in [3.8, 4) is 0 Å². The van der Waals surface area contributed by atoms with Gasteiger partial charge >= 0.3 is 10.2 Å². The first-order valence-electron chi connectivity index (χ1n) is 4.30. The van der Waals surface area contributed by atoms with E-state index in [1.54, 1.807) is 18.2 Å². The highest BCUT2D eigenvalue weighted by molar-refractivity contribution is 9.10. The highest BCUT2D eigenvalue weighted by Crippen LogP contribution is 2.26. The summed E-state index contributed by atoms with van der Waals surface area (Å²) in [5.74, 6) is 0.